The second kappa shape index (κ2) is 2.54. The van der Waals surface area contributed by atoms with E-state index in [1.54, 1.807) is 0 Å². The van der Waals surface area contributed by atoms with E-state index in [4.69, 9.17) is 4.84 Å². The number of hydrogen-bond donors (Lipinski definition) is 0. The molecule has 0 amide bonds. The Balaban J connectivity index is 2.12. The fourth-order valence-corrected chi connectivity index (χ4v) is 2.79. The van der Waals surface area contributed by atoms with Crippen molar-refractivity contribution in [1.82, 2.24) is 5.06 Å². The number of benzene rings is 2. The van der Waals surface area contributed by atoms with E-state index in [9.17, 15) is 0 Å². The Hall–Kier alpha value is -1.64. The first-order chi connectivity index (χ1) is 7.84. The van der Waals surface area contributed by atoms with Gasteiger partial charge in [0.2, 0.25) is 5.72 Å². The number of hydrogen-bond acceptors (Lipinski definition) is 2. The molecular formula is C14H11NO. The van der Waals surface area contributed by atoms with Crippen LogP contribution in [0.15, 0.2) is 48.5 Å². The van der Waals surface area contributed by atoms with Crippen molar-refractivity contribution < 1.29 is 4.84 Å². The van der Waals surface area contributed by atoms with Gasteiger partial charge in [0.05, 0.1) is 0 Å². The molecule has 2 heteroatoms. The number of fused-ring (bicyclic) bond motifs is 5. The first-order valence-electron chi connectivity index (χ1n) is 5.46. The van der Waals surface area contributed by atoms with Crippen LogP contribution in [-0.2, 0) is 10.6 Å². The van der Waals surface area contributed by atoms with Crippen molar-refractivity contribution in [1.29, 1.82) is 0 Å². The zero-order valence-electron chi connectivity index (χ0n) is 8.97. The largest absolute Gasteiger partial charge is 0.261 e. The summed E-state index contributed by atoms with van der Waals surface area (Å²) in [6.45, 7) is 0. The highest BCUT2D eigenvalue weighted by Gasteiger charge is 2.60. The van der Waals surface area contributed by atoms with Gasteiger partial charge < -0.3 is 0 Å². The van der Waals surface area contributed by atoms with Crippen LogP contribution in [0.3, 0.4) is 0 Å². The molecule has 0 aromatic heterocycles. The Morgan fingerprint density at radius 1 is 0.875 bits per heavy atom. The second-order valence-corrected chi connectivity index (χ2v) is 4.32. The van der Waals surface area contributed by atoms with Crippen LogP contribution < -0.4 is 0 Å². The fourth-order valence-electron chi connectivity index (χ4n) is 2.79. The molecule has 1 heterocycles. The zero-order chi connectivity index (χ0) is 10.8. The Morgan fingerprint density at radius 2 is 1.31 bits per heavy atom. The first kappa shape index (κ1) is 8.50. The summed E-state index contributed by atoms with van der Waals surface area (Å²) >= 11 is 0. The van der Waals surface area contributed by atoms with Crippen LogP contribution >= 0.6 is 0 Å². The van der Waals surface area contributed by atoms with Gasteiger partial charge >= 0.3 is 0 Å². The summed E-state index contributed by atoms with van der Waals surface area (Å²) in [6.07, 6.45) is 0. The van der Waals surface area contributed by atoms with Gasteiger partial charge in [0.1, 0.15) is 0 Å². The van der Waals surface area contributed by atoms with Crippen molar-refractivity contribution in [3.05, 3.63) is 59.7 Å². The maximum Gasteiger partial charge on any atom is 0.216 e. The van der Waals surface area contributed by atoms with Crippen molar-refractivity contribution in [3.63, 3.8) is 0 Å². The van der Waals surface area contributed by atoms with Gasteiger partial charge in [-0.15, -0.1) is 5.06 Å². The molecule has 4 rings (SSSR count). The van der Waals surface area contributed by atoms with E-state index in [-0.39, 0.29) is 5.72 Å². The van der Waals surface area contributed by atoms with Gasteiger partial charge in [-0.2, -0.15) is 0 Å². The molecule has 1 spiro atoms. The van der Waals surface area contributed by atoms with Crippen LogP contribution in [0.4, 0.5) is 0 Å². The molecule has 0 bridgehead atoms. The molecule has 78 valence electrons. The van der Waals surface area contributed by atoms with Crippen LogP contribution in [-0.4, -0.2) is 12.1 Å². The molecule has 1 fully saturated rings. The van der Waals surface area contributed by atoms with Crippen LogP contribution in [0.25, 0.3) is 11.1 Å². The lowest BCUT2D eigenvalue weighted by atomic mass is 10.0. The highest BCUT2D eigenvalue weighted by atomic mass is 16.9. The lowest BCUT2D eigenvalue weighted by Crippen LogP contribution is -2.11. The molecule has 0 saturated carbocycles. The molecule has 2 nitrogen and oxygen atoms in total. The van der Waals surface area contributed by atoms with Crippen LogP contribution in [0.5, 0.6) is 0 Å². The van der Waals surface area contributed by atoms with Gasteiger partial charge in [-0.25, -0.2) is 0 Å². The van der Waals surface area contributed by atoms with Gasteiger partial charge in [0.25, 0.3) is 0 Å². The summed E-state index contributed by atoms with van der Waals surface area (Å²) in [5, 5.41) is 1.93. The minimum atomic E-state index is -0.298. The summed E-state index contributed by atoms with van der Waals surface area (Å²) in [5.74, 6) is 0. The zero-order valence-corrected chi connectivity index (χ0v) is 8.97. The van der Waals surface area contributed by atoms with Crippen molar-refractivity contribution in [2.75, 3.05) is 7.05 Å². The number of nitrogens with zero attached hydrogens (tertiary/aromatic N) is 1. The van der Waals surface area contributed by atoms with Crippen LogP contribution in [0, 0.1) is 0 Å². The van der Waals surface area contributed by atoms with E-state index in [1.165, 1.54) is 22.3 Å². The Labute approximate surface area is 94.0 Å². The molecule has 16 heavy (non-hydrogen) atoms. The third-order valence-electron chi connectivity index (χ3n) is 3.55. The van der Waals surface area contributed by atoms with Crippen molar-refractivity contribution in [2.24, 2.45) is 0 Å². The summed E-state index contributed by atoms with van der Waals surface area (Å²) in [4.78, 5) is 5.75. The molecule has 1 unspecified atom stereocenters. The third-order valence-corrected chi connectivity index (χ3v) is 3.55. The summed E-state index contributed by atoms with van der Waals surface area (Å²) in [6, 6.07) is 16.9. The molecule has 2 aromatic carbocycles. The molecule has 1 atom stereocenters. The monoisotopic (exact) mass is 209 g/mol. The smallest absolute Gasteiger partial charge is 0.216 e. The van der Waals surface area contributed by atoms with Crippen LogP contribution in [0.1, 0.15) is 11.1 Å². The van der Waals surface area contributed by atoms with Gasteiger partial charge in [-0.05, 0) is 11.1 Å². The predicted octanol–water partition coefficient (Wildman–Crippen LogP) is 2.75. The summed E-state index contributed by atoms with van der Waals surface area (Å²) in [7, 11) is 1.98. The Bertz CT molecular complexity index is 545. The summed E-state index contributed by atoms with van der Waals surface area (Å²) in [5.41, 5.74) is 4.81. The predicted molar refractivity (Wildman–Crippen MR) is 61.5 cm³/mol. The number of hydroxylamine groups is 2. The standard InChI is InChI=1S/C14H11NO/c1-15-14(16-15)12-8-4-2-6-10(12)11-7-3-5-9-13(11)14/h2-9H,1H3. The Kier molecular flexibility index (Phi) is 1.35. The molecule has 1 aliphatic carbocycles. The van der Waals surface area contributed by atoms with E-state index < -0.39 is 0 Å². The lowest BCUT2D eigenvalue weighted by Gasteiger charge is -2.05. The summed E-state index contributed by atoms with van der Waals surface area (Å²) < 4.78 is 0. The van der Waals surface area contributed by atoms with Gasteiger partial charge in [0.15, 0.2) is 0 Å². The average Bonchev–Trinajstić information content (AvgIpc) is 2.93. The van der Waals surface area contributed by atoms with E-state index in [1.807, 2.05) is 12.1 Å². The lowest BCUT2D eigenvalue weighted by molar-refractivity contribution is 0.226. The third kappa shape index (κ3) is 0.775. The average molecular weight is 209 g/mol. The molecule has 1 saturated heterocycles. The molecule has 2 aliphatic rings. The molecule has 2 aromatic rings. The maximum atomic E-state index is 5.75. The minimum absolute atomic E-state index is 0.298. The Morgan fingerprint density at radius 3 is 1.75 bits per heavy atom. The van der Waals surface area contributed by atoms with Gasteiger partial charge in [-0.3, -0.25) is 4.84 Å². The second-order valence-electron chi connectivity index (χ2n) is 4.32. The van der Waals surface area contributed by atoms with Crippen LogP contribution in [0.2, 0.25) is 0 Å². The van der Waals surface area contributed by atoms with E-state index in [2.05, 4.69) is 48.5 Å². The van der Waals surface area contributed by atoms with Gasteiger partial charge in [-0.1, -0.05) is 48.5 Å². The SMILES string of the molecule is CN1OC12c1ccccc1-c1ccccc12. The van der Waals surface area contributed by atoms with Crippen molar-refractivity contribution in [2.45, 2.75) is 5.72 Å². The van der Waals surface area contributed by atoms with Crippen molar-refractivity contribution >= 4 is 0 Å². The maximum absolute atomic E-state index is 5.75. The highest BCUT2D eigenvalue weighted by molar-refractivity contribution is 5.80. The van der Waals surface area contributed by atoms with E-state index >= 15 is 0 Å². The first-order valence-corrected chi connectivity index (χ1v) is 5.46. The van der Waals surface area contributed by atoms with Gasteiger partial charge in [0, 0.05) is 18.2 Å². The van der Waals surface area contributed by atoms with E-state index in [0.717, 1.165) is 0 Å². The quantitative estimate of drug-likeness (QED) is 0.620. The molecule has 1 aliphatic heterocycles. The topological polar surface area (TPSA) is 15.5 Å². The highest BCUT2D eigenvalue weighted by Crippen LogP contribution is 2.58. The fraction of sp³-hybridized carbons (Fsp3) is 0.143. The molecule has 0 N–H and O–H groups in total. The molecular weight excluding hydrogens is 198 g/mol. The van der Waals surface area contributed by atoms with Crippen molar-refractivity contribution in [3.8, 4) is 11.1 Å². The number of rotatable bonds is 0. The normalized spacial score (nSPS) is 22.9. The molecule has 0 radical (unpaired) electrons. The minimum Gasteiger partial charge on any atom is -0.261 e. The van der Waals surface area contributed by atoms with E-state index in [0.29, 0.717) is 0 Å².